The third-order valence-corrected chi connectivity index (χ3v) is 4.47. The fraction of sp³-hybridized carbons (Fsp3) is 0.200. The molecule has 0 heterocycles. The molecule has 3 nitrogen and oxygen atoms in total. The first kappa shape index (κ1) is 14.9. The van der Waals surface area contributed by atoms with Gasteiger partial charge in [0.2, 0.25) is 0 Å². The fourth-order valence-electron chi connectivity index (χ4n) is 1.84. The number of non-ortho nitro benzene ring substituents is 1. The maximum Gasteiger partial charge on any atom is 0.269 e. The van der Waals surface area contributed by atoms with Crippen molar-refractivity contribution in [3.8, 4) is 0 Å². The van der Waals surface area contributed by atoms with Gasteiger partial charge >= 0.3 is 0 Å². The second-order valence-electron chi connectivity index (χ2n) is 4.87. The summed E-state index contributed by atoms with van der Waals surface area (Å²) in [5, 5.41) is 11.4. The quantitative estimate of drug-likeness (QED) is 0.438. The van der Waals surface area contributed by atoms with Gasteiger partial charge in [0.1, 0.15) is 0 Å². The van der Waals surface area contributed by atoms with Crippen LogP contribution in [0.2, 0.25) is 5.02 Å². The lowest BCUT2D eigenvalue weighted by Gasteiger charge is -2.24. The molecule has 0 unspecified atom stereocenters. The predicted molar refractivity (Wildman–Crippen MR) is 83.4 cm³/mol. The fourth-order valence-corrected chi connectivity index (χ4v) is 3.08. The minimum atomic E-state index is -0.386. The summed E-state index contributed by atoms with van der Waals surface area (Å²) >= 11 is 7.57. The van der Waals surface area contributed by atoms with E-state index in [1.807, 2.05) is 24.3 Å². The molecule has 0 radical (unpaired) electrons. The van der Waals surface area contributed by atoms with Gasteiger partial charge in [-0.1, -0.05) is 23.7 Å². The smallest absolute Gasteiger partial charge is 0.258 e. The highest BCUT2D eigenvalue weighted by atomic mass is 35.5. The van der Waals surface area contributed by atoms with Gasteiger partial charge in [-0.15, -0.1) is 11.8 Å². The molecule has 0 aliphatic rings. The van der Waals surface area contributed by atoms with Crippen molar-refractivity contribution < 1.29 is 4.92 Å². The molecule has 0 aliphatic carbocycles. The summed E-state index contributed by atoms with van der Waals surface area (Å²) in [7, 11) is 0. The van der Waals surface area contributed by atoms with Gasteiger partial charge in [-0.25, -0.2) is 0 Å². The van der Waals surface area contributed by atoms with Crippen LogP contribution in [0.25, 0.3) is 0 Å². The molecule has 0 saturated heterocycles. The van der Waals surface area contributed by atoms with Crippen molar-refractivity contribution in [2.75, 3.05) is 0 Å². The second kappa shape index (κ2) is 5.85. The number of hydrogen-bond acceptors (Lipinski definition) is 3. The molecule has 0 fully saturated rings. The van der Waals surface area contributed by atoms with E-state index >= 15 is 0 Å². The monoisotopic (exact) mass is 307 g/mol. The lowest BCUT2D eigenvalue weighted by atomic mass is 10.0. The molecule has 0 saturated carbocycles. The van der Waals surface area contributed by atoms with Crippen molar-refractivity contribution >= 4 is 29.1 Å². The number of halogens is 1. The Labute approximate surface area is 127 Å². The molecule has 0 atom stereocenters. The largest absolute Gasteiger partial charge is 0.269 e. The topological polar surface area (TPSA) is 43.1 Å². The molecule has 0 bridgehead atoms. The number of thioether (sulfide) groups is 1. The predicted octanol–water partition coefficient (Wildman–Crippen LogP) is 5.28. The molecule has 0 amide bonds. The Hall–Kier alpha value is -1.52. The van der Waals surface area contributed by atoms with Crippen molar-refractivity contribution in [1.29, 1.82) is 0 Å². The number of nitro groups is 1. The first-order chi connectivity index (χ1) is 9.38. The number of benzene rings is 2. The van der Waals surface area contributed by atoms with E-state index in [1.165, 1.54) is 0 Å². The average Bonchev–Trinajstić information content (AvgIpc) is 2.41. The van der Waals surface area contributed by atoms with E-state index in [0.29, 0.717) is 5.02 Å². The Morgan fingerprint density at radius 1 is 1.05 bits per heavy atom. The molecule has 2 aromatic carbocycles. The molecular weight excluding hydrogens is 294 g/mol. The van der Waals surface area contributed by atoms with E-state index in [9.17, 15) is 10.1 Å². The molecule has 0 spiro atoms. The lowest BCUT2D eigenvalue weighted by Crippen LogP contribution is -2.11. The molecule has 104 valence electrons. The Balaban J connectivity index is 2.20. The zero-order chi connectivity index (χ0) is 14.8. The summed E-state index contributed by atoms with van der Waals surface area (Å²) in [5.41, 5.74) is 1.16. The minimum Gasteiger partial charge on any atom is -0.258 e. The summed E-state index contributed by atoms with van der Waals surface area (Å²) in [6.07, 6.45) is 0. The van der Waals surface area contributed by atoms with Crippen LogP contribution in [0, 0.1) is 10.1 Å². The molecule has 5 heteroatoms. The van der Waals surface area contributed by atoms with Crippen molar-refractivity contribution in [2.24, 2.45) is 0 Å². The van der Waals surface area contributed by atoms with Crippen molar-refractivity contribution in [2.45, 2.75) is 23.5 Å². The maximum atomic E-state index is 10.7. The zero-order valence-electron chi connectivity index (χ0n) is 11.2. The summed E-state index contributed by atoms with van der Waals surface area (Å²) in [6, 6.07) is 14.4. The van der Waals surface area contributed by atoms with Crippen LogP contribution in [-0.4, -0.2) is 4.92 Å². The van der Waals surface area contributed by atoms with E-state index in [0.717, 1.165) is 10.5 Å². The summed E-state index contributed by atoms with van der Waals surface area (Å²) in [4.78, 5) is 11.4. The standard InChI is InChI=1S/C15H14ClNO2S/c1-15(2,20-14-9-5-12(16)6-10-14)11-3-7-13(8-4-11)17(18)19/h3-10H,1-2H3. The van der Waals surface area contributed by atoms with Gasteiger partial charge in [-0.2, -0.15) is 0 Å². The number of nitro benzene ring substituents is 1. The van der Waals surface area contributed by atoms with Crippen LogP contribution in [0.15, 0.2) is 53.4 Å². The van der Waals surface area contributed by atoms with Crippen LogP contribution in [0.3, 0.4) is 0 Å². The molecule has 2 aromatic rings. The van der Waals surface area contributed by atoms with E-state index in [2.05, 4.69) is 13.8 Å². The van der Waals surface area contributed by atoms with Gasteiger partial charge in [0.25, 0.3) is 5.69 Å². The Kier molecular flexibility index (Phi) is 4.35. The number of rotatable bonds is 4. The molecule has 0 aromatic heterocycles. The van der Waals surface area contributed by atoms with E-state index in [-0.39, 0.29) is 15.4 Å². The third kappa shape index (κ3) is 3.52. The highest BCUT2D eigenvalue weighted by Crippen LogP contribution is 2.41. The van der Waals surface area contributed by atoms with Crippen molar-refractivity contribution in [3.05, 3.63) is 69.2 Å². The molecular formula is C15H14ClNO2S. The SMILES string of the molecule is CC(C)(Sc1ccc(Cl)cc1)c1ccc([N+](=O)[O-])cc1. The van der Waals surface area contributed by atoms with E-state index in [1.54, 1.807) is 36.0 Å². The number of hydrogen-bond donors (Lipinski definition) is 0. The average molecular weight is 308 g/mol. The second-order valence-corrected chi connectivity index (χ2v) is 7.00. The van der Waals surface area contributed by atoms with Crippen molar-refractivity contribution in [3.63, 3.8) is 0 Å². The van der Waals surface area contributed by atoms with Gasteiger partial charge < -0.3 is 0 Å². The highest BCUT2D eigenvalue weighted by molar-refractivity contribution is 8.00. The van der Waals surface area contributed by atoms with Crippen LogP contribution in [0.5, 0.6) is 0 Å². The Morgan fingerprint density at radius 3 is 2.10 bits per heavy atom. The third-order valence-electron chi connectivity index (χ3n) is 2.96. The molecule has 20 heavy (non-hydrogen) atoms. The maximum absolute atomic E-state index is 10.7. The Morgan fingerprint density at radius 2 is 1.60 bits per heavy atom. The van der Waals surface area contributed by atoms with Crippen LogP contribution < -0.4 is 0 Å². The van der Waals surface area contributed by atoms with Crippen LogP contribution in [0.1, 0.15) is 19.4 Å². The number of nitrogens with zero attached hydrogens (tertiary/aromatic N) is 1. The van der Waals surface area contributed by atoms with Crippen LogP contribution in [-0.2, 0) is 4.75 Å². The molecule has 0 N–H and O–H groups in total. The highest BCUT2D eigenvalue weighted by Gasteiger charge is 2.22. The van der Waals surface area contributed by atoms with Gasteiger partial charge in [0.05, 0.1) is 4.92 Å². The summed E-state index contributed by atoms with van der Waals surface area (Å²) in [6.45, 7) is 4.18. The minimum absolute atomic E-state index is 0.112. The first-order valence-electron chi connectivity index (χ1n) is 6.08. The normalized spacial score (nSPS) is 11.3. The summed E-state index contributed by atoms with van der Waals surface area (Å²) in [5.74, 6) is 0. The van der Waals surface area contributed by atoms with Gasteiger partial charge in [0, 0.05) is 26.8 Å². The van der Waals surface area contributed by atoms with Gasteiger partial charge in [0.15, 0.2) is 0 Å². The zero-order valence-corrected chi connectivity index (χ0v) is 12.7. The van der Waals surface area contributed by atoms with Crippen LogP contribution >= 0.6 is 23.4 Å². The first-order valence-corrected chi connectivity index (χ1v) is 7.27. The van der Waals surface area contributed by atoms with Gasteiger partial charge in [-0.05, 0) is 43.7 Å². The van der Waals surface area contributed by atoms with Crippen LogP contribution in [0.4, 0.5) is 5.69 Å². The Bertz CT molecular complexity index is 609. The van der Waals surface area contributed by atoms with E-state index < -0.39 is 0 Å². The van der Waals surface area contributed by atoms with E-state index in [4.69, 9.17) is 11.6 Å². The lowest BCUT2D eigenvalue weighted by molar-refractivity contribution is -0.384. The van der Waals surface area contributed by atoms with Crippen molar-refractivity contribution in [1.82, 2.24) is 0 Å². The van der Waals surface area contributed by atoms with Gasteiger partial charge in [-0.3, -0.25) is 10.1 Å². The molecule has 2 rings (SSSR count). The summed E-state index contributed by atoms with van der Waals surface area (Å²) < 4.78 is -0.178. The molecule has 0 aliphatic heterocycles.